The molecule has 1 aliphatic heterocycles. The van der Waals surface area contributed by atoms with E-state index < -0.39 is 0 Å². The maximum absolute atomic E-state index is 9.97. The van der Waals surface area contributed by atoms with Crippen LogP contribution in [0.15, 0.2) is 36.4 Å². The molecule has 2 aromatic carbocycles. The Kier molecular flexibility index (Phi) is 3.30. The fourth-order valence-corrected chi connectivity index (χ4v) is 2.51. The van der Waals surface area contributed by atoms with Crippen LogP contribution in [0.5, 0.6) is 11.5 Å². The quantitative estimate of drug-likeness (QED) is 0.915. The molecule has 0 aliphatic carbocycles. The second-order valence-corrected chi connectivity index (χ2v) is 5.12. The lowest BCUT2D eigenvalue weighted by Gasteiger charge is -2.14. The van der Waals surface area contributed by atoms with Crippen LogP contribution >= 0.6 is 0 Å². The summed E-state index contributed by atoms with van der Waals surface area (Å²) in [6.07, 6.45) is 2.56. The fraction of sp³-hybridized carbons (Fsp3) is 0.375. The van der Waals surface area contributed by atoms with Gasteiger partial charge in [-0.3, -0.25) is 0 Å². The highest BCUT2D eigenvalue weighted by Gasteiger charge is 2.22. The SMILES string of the molecule is CC1CCC(COc2cc3ccccc3cc2O)O1. The number of hydrogen-bond acceptors (Lipinski definition) is 3. The van der Waals surface area contributed by atoms with Crippen molar-refractivity contribution in [2.45, 2.75) is 32.0 Å². The molecule has 1 heterocycles. The lowest BCUT2D eigenvalue weighted by Crippen LogP contribution is -2.17. The minimum absolute atomic E-state index is 0.140. The number of benzene rings is 2. The molecular formula is C16H18O3. The van der Waals surface area contributed by atoms with Crippen molar-refractivity contribution in [3.8, 4) is 11.5 Å². The van der Waals surface area contributed by atoms with Crippen molar-refractivity contribution in [1.82, 2.24) is 0 Å². The number of aromatic hydroxyl groups is 1. The average molecular weight is 258 g/mol. The fourth-order valence-electron chi connectivity index (χ4n) is 2.51. The van der Waals surface area contributed by atoms with E-state index >= 15 is 0 Å². The van der Waals surface area contributed by atoms with Crippen molar-refractivity contribution in [2.75, 3.05) is 6.61 Å². The minimum atomic E-state index is 0.140. The summed E-state index contributed by atoms with van der Waals surface area (Å²) in [6, 6.07) is 11.5. The molecule has 3 rings (SSSR count). The number of fused-ring (bicyclic) bond motifs is 1. The number of phenols is 1. The molecule has 3 nitrogen and oxygen atoms in total. The van der Waals surface area contributed by atoms with Gasteiger partial charge in [0.15, 0.2) is 11.5 Å². The topological polar surface area (TPSA) is 38.7 Å². The molecular weight excluding hydrogens is 240 g/mol. The molecule has 0 bridgehead atoms. The van der Waals surface area contributed by atoms with Gasteiger partial charge in [0, 0.05) is 0 Å². The van der Waals surface area contributed by atoms with E-state index in [0.717, 1.165) is 23.6 Å². The van der Waals surface area contributed by atoms with E-state index in [0.29, 0.717) is 18.5 Å². The first-order chi connectivity index (χ1) is 9.22. The highest BCUT2D eigenvalue weighted by Crippen LogP contribution is 2.32. The lowest BCUT2D eigenvalue weighted by molar-refractivity contribution is 0.0260. The highest BCUT2D eigenvalue weighted by molar-refractivity contribution is 5.85. The van der Waals surface area contributed by atoms with Crippen molar-refractivity contribution in [2.24, 2.45) is 0 Å². The van der Waals surface area contributed by atoms with Gasteiger partial charge in [0.2, 0.25) is 0 Å². The van der Waals surface area contributed by atoms with Gasteiger partial charge in [-0.25, -0.2) is 0 Å². The van der Waals surface area contributed by atoms with E-state index in [4.69, 9.17) is 9.47 Å². The van der Waals surface area contributed by atoms with Gasteiger partial charge in [-0.1, -0.05) is 24.3 Å². The molecule has 0 saturated carbocycles. The molecule has 100 valence electrons. The first kappa shape index (κ1) is 12.3. The Morgan fingerprint density at radius 2 is 1.95 bits per heavy atom. The van der Waals surface area contributed by atoms with Crippen LogP contribution in [0.1, 0.15) is 19.8 Å². The van der Waals surface area contributed by atoms with Gasteiger partial charge in [-0.05, 0) is 42.7 Å². The zero-order chi connectivity index (χ0) is 13.2. The van der Waals surface area contributed by atoms with Gasteiger partial charge >= 0.3 is 0 Å². The van der Waals surface area contributed by atoms with E-state index in [1.165, 1.54) is 0 Å². The lowest BCUT2D eigenvalue weighted by atomic mass is 10.1. The summed E-state index contributed by atoms with van der Waals surface area (Å²) in [4.78, 5) is 0. The van der Waals surface area contributed by atoms with E-state index in [1.807, 2.05) is 30.3 Å². The van der Waals surface area contributed by atoms with Crippen molar-refractivity contribution in [3.05, 3.63) is 36.4 Å². The van der Waals surface area contributed by atoms with Crippen LogP contribution in [0.3, 0.4) is 0 Å². The molecule has 1 N–H and O–H groups in total. The summed E-state index contributed by atoms with van der Waals surface area (Å²) in [5, 5.41) is 12.0. The molecule has 1 aliphatic rings. The van der Waals surface area contributed by atoms with Gasteiger partial charge in [-0.2, -0.15) is 0 Å². The molecule has 0 radical (unpaired) electrons. The molecule has 0 amide bonds. The standard InChI is InChI=1S/C16H18O3/c1-11-6-7-14(19-11)10-18-16-9-13-5-3-2-4-12(13)8-15(16)17/h2-5,8-9,11,14,17H,6-7,10H2,1H3. The zero-order valence-electron chi connectivity index (χ0n) is 11.0. The Hall–Kier alpha value is -1.74. The first-order valence-electron chi connectivity index (χ1n) is 6.72. The summed E-state index contributed by atoms with van der Waals surface area (Å²) >= 11 is 0. The molecule has 3 heteroatoms. The number of ether oxygens (including phenoxy) is 2. The first-order valence-corrected chi connectivity index (χ1v) is 6.72. The monoisotopic (exact) mass is 258 g/mol. The summed E-state index contributed by atoms with van der Waals surface area (Å²) in [5.41, 5.74) is 0. The predicted molar refractivity (Wildman–Crippen MR) is 74.7 cm³/mol. The maximum atomic E-state index is 9.97. The highest BCUT2D eigenvalue weighted by atomic mass is 16.5. The Bertz CT molecular complexity index is 579. The Morgan fingerprint density at radius 1 is 1.21 bits per heavy atom. The summed E-state index contributed by atoms with van der Waals surface area (Å²) in [7, 11) is 0. The number of rotatable bonds is 3. The van der Waals surface area contributed by atoms with Crippen molar-refractivity contribution < 1.29 is 14.6 Å². The van der Waals surface area contributed by atoms with E-state index in [2.05, 4.69) is 6.92 Å². The summed E-state index contributed by atoms with van der Waals surface area (Å²) in [5.74, 6) is 0.714. The van der Waals surface area contributed by atoms with Gasteiger partial charge < -0.3 is 14.6 Å². The molecule has 2 aromatic rings. The van der Waals surface area contributed by atoms with Crippen LogP contribution in [0.25, 0.3) is 10.8 Å². The normalized spacial score (nSPS) is 22.8. The number of phenolic OH excluding ortho intramolecular Hbond substituents is 1. The molecule has 19 heavy (non-hydrogen) atoms. The smallest absolute Gasteiger partial charge is 0.161 e. The molecule has 1 saturated heterocycles. The molecule has 2 unspecified atom stereocenters. The summed E-state index contributed by atoms with van der Waals surface area (Å²) < 4.78 is 11.4. The van der Waals surface area contributed by atoms with Crippen LogP contribution in [0, 0.1) is 0 Å². The molecule has 1 fully saturated rings. The molecule has 0 aromatic heterocycles. The second-order valence-electron chi connectivity index (χ2n) is 5.12. The van der Waals surface area contributed by atoms with Crippen molar-refractivity contribution in [1.29, 1.82) is 0 Å². The Balaban J connectivity index is 1.75. The van der Waals surface area contributed by atoms with Crippen LogP contribution in [-0.2, 0) is 4.74 Å². The average Bonchev–Trinajstić information content (AvgIpc) is 2.82. The van der Waals surface area contributed by atoms with E-state index in [-0.39, 0.29) is 11.9 Å². The van der Waals surface area contributed by atoms with E-state index in [1.54, 1.807) is 6.07 Å². The van der Waals surface area contributed by atoms with Gasteiger partial charge in [0.25, 0.3) is 0 Å². The van der Waals surface area contributed by atoms with Crippen LogP contribution < -0.4 is 4.74 Å². The van der Waals surface area contributed by atoms with E-state index in [9.17, 15) is 5.11 Å². The van der Waals surface area contributed by atoms with Gasteiger partial charge in [0.1, 0.15) is 6.61 Å². The third kappa shape index (κ3) is 2.66. The maximum Gasteiger partial charge on any atom is 0.161 e. The van der Waals surface area contributed by atoms with Crippen molar-refractivity contribution in [3.63, 3.8) is 0 Å². The third-order valence-electron chi connectivity index (χ3n) is 3.57. The predicted octanol–water partition coefficient (Wildman–Crippen LogP) is 3.49. The van der Waals surface area contributed by atoms with Crippen LogP contribution in [0.4, 0.5) is 0 Å². The third-order valence-corrected chi connectivity index (χ3v) is 3.57. The second kappa shape index (κ2) is 5.10. The van der Waals surface area contributed by atoms with Crippen LogP contribution in [-0.4, -0.2) is 23.9 Å². The Morgan fingerprint density at radius 3 is 2.63 bits per heavy atom. The Labute approximate surface area is 112 Å². The summed E-state index contributed by atoms with van der Waals surface area (Å²) in [6.45, 7) is 2.57. The zero-order valence-corrected chi connectivity index (χ0v) is 11.0. The molecule has 2 atom stereocenters. The van der Waals surface area contributed by atoms with Gasteiger partial charge in [-0.15, -0.1) is 0 Å². The number of hydrogen-bond donors (Lipinski definition) is 1. The molecule has 0 spiro atoms. The van der Waals surface area contributed by atoms with Crippen LogP contribution in [0.2, 0.25) is 0 Å². The van der Waals surface area contributed by atoms with Gasteiger partial charge in [0.05, 0.1) is 12.2 Å². The minimum Gasteiger partial charge on any atom is -0.504 e. The largest absolute Gasteiger partial charge is 0.504 e. The van der Waals surface area contributed by atoms with Crippen molar-refractivity contribution >= 4 is 10.8 Å².